The summed E-state index contributed by atoms with van der Waals surface area (Å²) in [6, 6.07) is 3.16. The van der Waals surface area contributed by atoms with Crippen molar-refractivity contribution in [1.29, 1.82) is 0 Å². The molecule has 12 heavy (non-hydrogen) atoms. The number of benzene rings is 1. The molecule has 1 nitrogen and oxygen atoms in total. The summed E-state index contributed by atoms with van der Waals surface area (Å²) < 4.78 is 0.679. The number of ketones is 1. The maximum absolute atomic E-state index is 11.0. The Morgan fingerprint density at radius 3 is 2.42 bits per heavy atom. The zero-order valence-corrected chi connectivity index (χ0v) is 9.29. The van der Waals surface area contributed by atoms with E-state index in [-0.39, 0.29) is 5.78 Å². The van der Waals surface area contributed by atoms with Crippen LogP contribution in [0.5, 0.6) is 0 Å². The van der Waals surface area contributed by atoms with Gasteiger partial charge in [-0.15, -0.1) is 0 Å². The Morgan fingerprint density at radius 1 is 1.33 bits per heavy atom. The van der Waals surface area contributed by atoms with Gasteiger partial charge in [0.05, 0.1) is 10.0 Å². The number of Topliss-reactive ketones (excluding diaryl/α,β-unsaturated/α-hetero) is 1. The van der Waals surface area contributed by atoms with E-state index in [1.54, 1.807) is 12.1 Å². The molecule has 0 spiro atoms. The van der Waals surface area contributed by atoms with Gasteiger partial charge in [0.15, 0.2) is 5.78 Å². The van der Waals surface area contributed by atoms with Crippen LogP contribution in [0.4, 0.5) is 0 Å². The first-order valence-corrected chi connectivity index (χ1v) is 4.72. The molecule has 0 unspecified atom stereocenters. The van der Waals surface area contributed by atoms with Crippen molar-refractivity contribution in [3.8, 4) is 0 Å². The normalized spacial score (nSPS) is 10.0. The molecule has 0 aliphatic rings. The second-order valence-corrected chi connectivity index (χ2v) is 3.97. The van der Waals surface area contributed by atoms with E-state index in [0.717, 1.165) is 0 Å². The molecule has 1 aromatic carbocycles. The van der Waals surface area contributed by atoms with Crippen molar-refractivity contribution in [2.45, 2.75) is 6.92 Å². The number of carbonyl (C=O) groups excluding carboxylic acids is 1. The largest absolute Gasteiger partial charge is 0.294 e. The van der Waals surface area contributed by atoms with Crippen molar-refractivity contribution in [3.63, 3.8) is 0 Å². The predicted molar refractivity (Wildman–Crippen MR) is 54.2 cm³/mol. The first-order valence-electron chi connectivity index (χ1n) is 3.18. The summed E-state index contributed by atoms with van der Waals surface area (Å²) in [6.45, 7) is 1.46. The van der Waals surface area contributed by atoms with Crippen LogP contribution in [0.3, 0.4) is 0 Å². The average Bonchev–Trinajstić information content (AvgIpc) is 1.96. The first-order chi connectivity index (χ1) is 5.52. The molecule has 1 rings (SSSR count). The van der Waals surface area contributed by atoms with Gasteiger partial charge in [0.2, 0.25) is 0 Å². The molecule has 0 saturated carbocycles. The molecular weight excluding hydrogens is 263 g/mol. The van der Waals surface area contributed by atoms with Crippen molar-refractivity contribution in [2.24, 2.45) is 0 Å². The van der Waals surface area contributed by atoms with E-state index in [1.165, 1.54) is 6.92 Å². The second-order valence-electron chi connectivity index (χ2n) is 2.30. The zero-order valence-electron chi connectivity index (χ0n) is 6.20. The van der Waals surface area contributed by atoms with Crippen LogP contribution in [0.2, 0.25) is 10.0 Å². The third-order valence-electron chi connectivity index (χ3n) is 1.39. The summed E-state index contributed by atoms with van der Waals surface area (Å²) in [7, 11) is 0. The fourth-order valence-corrected chi connectivity index (χ4v) is 1.65. The number of hydrogen-bond donors (Lipinski definition) is 0. The van der Waals surface area contributed by atoms with E-state index in [0.29, 0.717) is 20.1 Å². The molecule has 1 aromatic rings. The van der Waals surface area contributed by atoms with Gasteiger partial charge in [0.25, 0.3) is 0 Å². The Kier molecular flexibility index (Phi) is 3.16. The molecule has 4 heteroatoms. The van der Waals surface area contributed by atoms with Crippen LogP contribution >= 0.6 is 39.1 Å². The summed E-state index contributed by atoms with van der Waals surface area (Å²) in [5, 5.41) is 0.890. The summed E-state index contributed by atoms with van der Waals surface area (Å²) in [4.78, 5) is 11.0. The van der Waals surface area contributed by atoms with Gasteiger partial charge in [0.1, 0.15) is 0 Å². The lowest BCUT2D eigenvalue weighted by Crippen LogP contribution is -1.93. The highest BCUT2D eigenvalue weighted by Gasteiger charge is 2.08. The van der Waals surface area contributed by atoms with E-state index in [9.17, 15) is 4.79 Å². The average molecular weight is 268 g/mol. The van der Waals surface area contributed by atoms with Crippen LogP contribution in [0.15, 0.2) is 16.6 Å². The SMILES string of the molecule is CC(=O)c1cc(Br)c(Cl)cc1Cl. The fourth-order valence-electron chi connectivity index (χ4n) is 0.792. The van der Waals surface area contributed by atoms with Crippen LogP contribution in [-0.4, -0.2) is 5.78 Å². The minimum absolute atomic E-state index is 0.0719. The molecule has 64 valence electrons. The minimum Gasteiger partial charge on any atom is -0.294 e. The summed E-state index contributed by atoms with van der Waals surface area (Å²) >= 11 is 14.7. The molecule has 0 aromatic heterocycles. The van der Waals surface area contributed by atoms with Gasteiger partial charge >= 0.3 is 0 Å². The third kappa shape index (κ3) is 2.00. The van der Waals surface area contributed by atoms with Crippen molar-refractivity contribution < 1.29 is 4.79 Å². The third-order valence-corrected chi connectivity index (χ3v) is 2.90. The Balaban J connectivity index is 3.33. The lowest BCUT2D eigenvalue weighted by Gasteiger charge is -2.01. The van der Waals surface area contributed by atoms with Crippen LogP contribution < -0.4 is 0 Å². The highest BCUT2D eigenvalue weighted by Crippen LogP contribution is 2.29. The standard InChI is InChI=1S/C8H5BrCl2O/c1-4(12)5-2-6(9)8(11)3-7(5)10/h2-3H,1H3. The molecule has 0 bridgehead atoms. The van der Waals surface area contributed by atoms with Crippen LogP contribution in [0.25, 0.3) is 0 Å². The van der Waals surface area contributed by atoms with E-state index >= 15 is 0 Å². The quantitative estimate of drug-likeness (QED) is 0.556. The van der Waals surface area contributed by atoms with Gasteiger partial charge in [0, 0.05) is 10.0 Å². The van der Waals surface area contributed by atoms with E-state index < -0.39 is 0 Å². The van der Waals surface area contributed by atoms with Gasteiger partial charge in [-0.2, -0.15) is 0 Å². The lowest BCUT2D eigenvalue weighted by atomic mass is 10.1. The number of hydrogen-bond acceptors (Lipinski definition) is 1. The van der Waals surface area contributed by atoms with Gasteiger partial charge < -0.3 is 0 Å². The van der Waals surface area contributed by atoms with Crippen molar-refractivity contribution in [2.75, 3.05) is 0 Å². The van der Waals surface area contributed by atoms with E-state index in [1.807, 2.05) is 0 Å². The van der Waals surface area contributed by atoms with Crippen LogP contribution in [0.1, 0.15) is 17.3 Å². The lowest BCUT2D eigenvalue weighted by molar-refractivity contribution is 0.101. The molecule has 0 saturated heterocycles. The number of halogens is 3. The smallest absolute Gasteiger partial charge is 0.161 e. The maximum Gasteiger partial charge on any atom is 0.161 e. The minimum atomic E-state index is -0.0719. The van der Waals surface area contributed by atoms with Crippen molar-refractivity contribution in [3.05, 3.63) is 32.2 Å². The van der Waals surface area contributed by atoms with Gasteiger partial charge in [-0.25, -0.2) is 0 Å². The molecule has 0 fully saturated rings. The second kappa shape index (κ2) is 3.77. The number of carbonyl (C=O) groups is 1. The monoisotopic (exact) mass is 266 g/mol. The van der Waals surface area contributed by atoms with Crippen LogP contribution in [0, 0.1) is 0 Å². The Labute approximate surface area is 88.8 Å². The molecule has 0 heterocycles. The molecule has 0 aliphatic heterocycles. The molecular formula is C8H5BrCl2O. The molecule has 0 amide bonds. The zero-order chi connectivity index (χ0) is 9.30. The van der Waals surface area contributed by atoms with E-state index in [2.05, 4.69) is 15.9 Å². The molecule has 0 aliphatic carbocycles. The van der Waals surface area contributed by atoms with Crippen molar-refractivity contribution in [1.82, 2.24) is 0 Å². The summed E-state index contributed by atoms with van der Waals surface area (Å²) in [5.74, 6) is -0.0719. The molecule has 0 atom stereocenters. The van der Waals surface area contributed by atoms with Gasteiger partial charge in [-0.1, -0.05) is 23.2 Å². The van der Waals surface area contributed by atoms with Crippen molar-refractivity contribution >= 4 is 44.9 Å². The fraction of sp³-hybridized carbons (Fsp3) is 0.125. The van der Waals surface area contributed by atoms with Crippen LogP contribution in [-0.2, 0) is 0 Å². The maximum atomic E-state index is 11.0. The van der Waals surface area contributed by atoms with E-state index in [4.69, 9.17) is 23.2 Å². The Morgan fingerprint density at radius 2 is 1.92 bits per heavy atom. The highest BCUT2D eigenvalue weighted by atomic mass is 79.9. The van der Waals surface area contributed by atoms with Gasteiger partial charge in [-0.05, 0) is 35.0 Å². The van der Waals surface area contributed by atoms with Gasteiger partial charge in [-0.3, -0.25) is 4.79 Å². The number of rotatable bonds is 1. The predicted octanol–water partition coefficient (Wildman–Crippen LogP) is 3.96. The molecule has 0 radical (unpaired) electrons. The topological polar surface area (TPSA) is 17.1 Å². The summed E-state index contributed by atoms with van der Waals surface area (Å²) in [6.07, 6.45) is 0. The molecule has 0 N–H and O–H groups in total. The summed E-state index contributed by atoms with van der Waals surface area (Å²) in [5.41, 5.74) is 0.480. The Hall–Kier alpha value is -0.0500. The highest BCUT2D eigenvalue weighted by molar-refractivity contribution is 9.10. The first kappa shape index (κ1) is 10.0. The Bertz CT molecular complexity index is 336.